The van der Waals surface area contributed by atoms with Gasteiger partial charge in [0.05, 0.1) is 6.10 Å². The highest BCUT2D eigenvalue weighted by Gasteiger charge is 2.29. The van der Waals surface area contributed by atoms with Crippen molar-refractivity contribution in [2.24, 2.45) is 0 Å². The van der Waals surface area contributed by atoms with Crippen LogP contribution in [0.5, 0.6) is 0 Å². The van der Waals surface area contributed by atoms with Crippen molar-refractivity contribution in [1.82, 2.24) is 0 Å². The summed E-state index contributed by atoms with van der Waals surface area (Å²) in [7, 11) is 0. The number of aliphatic hydroxyl groups is 5. The highest BCUT2D eigenvalue weighted by Crippen LogP contribution is 2.06. The molecule has 6 heteroatoms. The molecule has 0 spiro atoms. The number of carbonyl (C=O) groups excluding carboxylic acids is 1. The van der Waals surface area contributed by atoms with Gasteiger partial charge in [-0.25, -0.2) is 0 Å². The van der Waals surface area contributed by atoms with E-state index in [1.807, 2.05) is 0 Å². The predicted octanol–water partition coefficient (Wildman–Crippen LogP) is -2.99. The van der Waals surface area contributed by atoms with Crippen molar-refractivity contribution in [3.05, 3.63) is 0 Å². The van der Waals surface area contributed by atoms with Crippen LogP contribution in [0.3, 0.4) is 0 Å². The number of aliphatic hydroxyl groups excluding tert-OH is 5. The Labute approximate surface area is 75.1 Å². The van der Waals surface area contributed by atoms with Gasteiger partial charge in [0.1, 0.15) is 18.3 Å². The van der Waals surface area contributed by atoms with Gasteiger partial charge < -0.3 is 30.3 Å². The summed E-state index contributed by atoms with van der Waals surface area (Å²) in [6.07, 6.45) is -6.56. The van der Waals surface area contributed by atoms with Gasteiger partial charge in [0.25, 0.3) is 0 Å². The van der Waals surface area contributed by atoms with Crippen molar-refractivity contribution in [3.63, 3.8) is 0 Å². The second kappa shape index (κ2) is 6.01. The van der Waals surface area contributed by atoms with E-state index in [-0.39, 0.29) is 19.3 Å². The molecule has 0 saturated carbocycles. The molecule has 0 aliphatic carbocycles. The molecule has 0 saturated heterocycles. The Bertz CT molecular complexity index is 150. The van der Waals surface area contributed by atoms with Crippen LogP contribution < -0.4 is 0 Å². The Balaban J connectivity index is 4.06. The molecule has 6 nitrogen and oxygen atoms in total. The number of rotatable bonds is 6. The highest BCUT2D eigenvalue weighted by molar-refractivity contribution is 5.56. The van der Waals surface area contributed by atoms with Gasteiger partial charge in [-0.3, -0.25) is 0 Å². The fraction of sp³-hybridized carbons (Fsp3) is 0.857. The van der Waals surface area contributed by atoms with Crippen LogP contribution in [0.1, 0.15) is 6.42 Å². The van der Waals surface area contributed by atoms with Gasteiger partial charge in [0, 0.05) is 6.61 Å². The molecule has 0 unspecified atom stereocenters. The molecule has 0 amide bonds. The van der Waals surface area contributed by atoms with E-state index in [2.05, 4.69) is 0 Å². The molecule has 0 fully saturated rings. The third-order valence-corrected chi connectivity index (χ3v) is 1.66. The van der Waals surface area contributed by atoms with Crippen LogP contribution in [-0.4, -0.2) is 62.8 Å². The van der Waals surface area contributed by atoms with E-state index < -0.39 is 24.4 Å². The summed E-state index contributed by atoms with van der Waals surface area (Å²) in [4.78, 5) is 9.98. The standard InChI is InChI=1S/C7H14O6/c8-2-1-4(10)6(12)7(13)5(11)3-9/h3-8,10-13H,1-2H2/t4-,5+,6-,7-/m1/s1. The molecule has 0 bridgehead atoms. The number of hydrogen-bond acceptors (Lipinski definition) is 6. The summed E-state index contributed by atoms with van der Waals surface area (Å²) >= 11 is 0. The molecular weight excluding hydrogens is 180 g/mol. The van der Waals surface area contributed by atoms with Crippen LogP contribution in [0, 0.1) is 0 Å². The van der Waals surface area contributed by atoms with Crippen molar-refractivity contribution in [1.29, 1.82) is 0 Å². The van der Waals surface area contributed by atoms with Gasteiger partial charge in [-0.2, -0.15) is 0 Å². The molecule has 5 N–H and O–H groups in total. The predicted molar refractivity (Wildman–Crippen MR) is 41.8 cm³/mol. The molecule has 0 radical (unpaired) electrons. The van der Waals surface area contributed by atoms with Crippen molar-refractivity contribution >= 4 is 6.29 Å². The molecule has 13 heavy (non-hydrogen) atoms. The maximum absolute atomic E-state index is 9.98. The fourth-order valence-electron chi connectivity index (χ4n) is 0.813. The average molecular weight is 194 g/mol. The molecule has 0 aromatic heterocycles. The zero-order chi connectivity index (χ0) is 10.4. The van der Waals surface area contributed by atoms with E-state index in [4.69, 9.17) is 25.5 Å². The number of carbonyl (C=O) groups is 1. The zero-order valence-electron chi connectivity index (χ0n) is 6.95. The Morgan fingerprint density at radius 2 is 1.62 bits per heavy atom. The first-order valence-electron chi connectivity index (χ1n) is 3.83. The lowest BCUT2D eigenvalue weighted by atomic mass is 10.0. The molecule has 0 aromatic rings. The zero-order valence-corrected chi connectivity index (χ0v) is 6.95. The third-order valence-electron chi connectivity index (χ3n) is 1.66. The van der Waals surface area contributed by atoms with Gasteiger partial charge in [0.15, 0.2) is 6.29 Å². The third kappa shape index (κ3) is 3.79. The Morgan fingerprint density at radius 3 is 2.00 bits per heavy atom. The summed E-state index contributed by atoms with van der Waals surface area (Å²) in [5.74, 6) is 0. The normalized spacial score (nSPS) is 20.4. The van der Waals surface area contributed by atoms with E-state index in [1.54, 1.807) is 0 Å². The topological polar surface area (TPSA) is 118 Å². The number of hydrogen-bond donors (Lipinski definition) is 5. The van der Waals surface area contributed by atoms with E-state index in [9.17, 15) is 4.79 Å². The van der Waals surface area contributed by atoms with Crippen LogP contribution in [0.15, 0.2) is 0 Å². The van der Waals surface area contributed by atoms with Gasteiger partial charge in [0.2, 0.25) is 0 Å². The van der Waals surface area contributed by atoms with Crippen LogP contribution >= 0.6 is 0 Å². The summed E-state index contributed by atoms with van der Waals surface area (Å²) in [5, 5.41) is 44.3. The lowest BCUT2D eigenvalue weighted by Gasteiger charge is -2.23. The van der Waals surface area contributed by atoms with Crippen molar-refractivity contribution < 1.29 is 30.3 Å². The quantitative estimate of drug-likeness (QED) is 0.288. The molecular formula is C7H14O6. The van der Waals surface area contributed by atoms with E-state index in [0.717, 1.165) is 0 Å². The van der Waals surface area contributed by atoms with Crippen molar-refractivity contribution in [2.45, 2.75) is 30.8 Å². The smallest absolute Gasteiger partial charge is 0.151 e. The van der Waals surface area contributed by atoms with Crippen LogP contribution in [-0.2, 0) is 4.79 Å². The molecule has 4 atom stereocenters. The van der Waals surface area contributed by atoms with Crippen LogP contribution in [0.2, 0.25) is 0 Å². The van der Waals surface area contributed by atoms with Gasteiger partial charge in [-0.1, -0.05) is 0 Å². The maximum atomic E-state index is 9.98. The van der Waals surface area contributed by atoms with E-state index in [1.165, 1.54) is 0 Å². The molecule has 78 valence electrons. The van der Waals surface area contributed by atoms with Crippen LogP contribution in [0.25, 0.3) is 0 Å². The summed E-state index contributed by atoms with van der Waals surface area (Å²) < 4.78 is 0. The Kier molecular flexibility index (Phi) is 5.76. The maximum Gasteiger partial charge on any atom is 0.151 e. The van der Waals surface area contributed by atoms with E-state index in [0.29, 0.717) is 0 Å². The summed E-state index contributed by atoms with van der Waals surface area (Å²) in [6, 6.07) is 0. The minimum absolute atomic E-state index is 0.0551. The average Bonchev–Trinajstić information content (AvgIpc) is 2.14. The minimum Gasteiger partial charge on any atom is -0.396 e. The summed E-state index contributed by atoms with van der Waals surface area (Å²) in [5.41, 5.74) is 0. The molecule has 0 aromatic carbocycles. The first kappa shape index (κ1) is 12.5. The van der Waals surface area contributed by atoms with Crippen molar-refractivity contribution in [3.8, 4) is 0 Å². The molecule has 0 heterocycles. The monoisotopic (exact) mass is 194 g/mol. The first-order valence-corrected chi connectivity index (χ1v) is 3.83. The first-order chi connectivity index (χ1) is 6.04. The fourth-order valence-corrected chi connectivity index (χ4v) is 0.813. The summed E-state index contributed by atoms with van der Waals surface area (Å²) in [6.45, 7) is -0.359. The second-order valence-corrected chi connectivity index (χ2v) is 2.69. The second-order valence-electron chi connectivity index (χ2n) is 2.69. The molecule has 0 aliphatic rings. The van der Waals surface area contributed by atoms with Gasteiger partial charge in [-0.15, -0.1) is 0 Å². The number of aldehydes is 1. The minimum atomic E-state index is -1.74. The Hall–Kier alpha value is -0.530. The van der Waals surface area contributed by atoms with Crippen molar-refractivity contribution in [2.75, 3.05) is 6.61 Å². The molecule has 0 rings (SSSR count). The largest absolute Gasteiger partial charge is 0.396 e. The lowest BCUT2D eigenvalue weighted by molar-refractivity contribution is -0.134. The van der Waals surface area contributed by atoms with Gasteiger partial charge in [-0.05, 0) is 6.42 Å². The highest BCUT2D eigenvalue weighted by atomic mass is 16.4. The van der Waals surface area contributed by atoms with Gasteiger partial charge >= 0.3 is 0 Å². The van der Waals surface area contributed by atoms with E-state index >= 15 is 0 Å². The SMILES string of the molecule is O=C[C@H](O)[C@@H](O)[C@H](O)[C@H](O)CCO. The van der Waals surface area contributed by atoms with Crippen LogP contribution in [0.4, 0.5) is 0 Å². The lowest BCUT2D eigenvalue weighted by Crippen LogP contribution is -2.45. The Morgan fingerprint density at radius 1 is 1.08 bits per heavy atom. The molecule has 0 aliphatic heterocycles.